The number of nitrogens with one attached hydrogen (secondary N) is 1. The van der Waals surface area contributed by atoms with Crippen molar-refractivity contribution < 1.29 is 17.6 Å². The van der Waals surface area contributed by atoms with Gasteiger partial charge in [0.05, 0.1) is 5.56 Å². The molecule has 0 aliphatic carbocycles. The minimum atomic E-state index is -4.40. The van der Waals surface area contributed by atoms with Crippen LogP contribution in [0.5, 0.6) is 0 Å². The zero-order valence-electron chi connectivity index (χ0n) is 11.1. The lowest BCUT2D eigenvalue weighted by molar-refractivity contribution is -0.138. The maximum atomic E-state index is 13.1. The summed E-state index contributed by atoms with van der Waals surface area (Å²) in [5, 5.41) is 3.17. The van der Waals surface area contributed by atoms with E-state index in [1.54, 1.807) is 0 Å². The van der Waals surface area contributed by atoms with Crippen molar-refractivity contribution >= 4 is 17.3 Å². The monoisotopic (exact) mass is 317 g/mol. The van der Waals surface area contributed by atoms with E-state index < -0.39 is 17.6 Å². The highest BCUT2D eigenvalue weighted by Crippen LogP contribution is 2.33. The van der Waals surface area contributed by atoms with E-state index in [0.29, 0.717) is 16.3 Å². The molecule has 2 aromatic carbocycles. The van der Waals surface area contributed by atoms with E-state index in [1.165, 1.54) is 37.3 Å². The minimum absolute atomic E-state index is 0.136. The lowest BCUT2D eigenvalue weighted by Gasteiger charge is -2.14. The van der Waals surface area contributed by atoms with Crippen LogP contribution >= 0.6 is 11.6 Å². The van der Waals surface area contributed by atoms with E-state index in [4.69, 9.17) is 11.6 Å². The summed E-state index contributed by atoms with van der Waals surface area (Å²) >= 11 is 5.90. The predicted molar refractivity (Wildman–Crippen MR) is 74.9 cm³/mol. The number of rotatable bonds is 3. The van der Waals surface area contributed by atoms with Crippen molar-refractivity contribution in [3.05, 3.63) is 63.9 Å². The largest absolute Gasteiger partial charge is 0.416 e. The van der Waals surface area contributed by atoms with Crippen LogP contribution in [0.3, 0.4) is 0 Å². The lowest BCUT2D eigenvalue weighted by atomic mass is 10.1. The highest BCUT2D eigenvalue weighted by atomic mass is 35.5. The summed E-state index contributed by atoms with van der Waals surface area (Å²) in [6.45, 7) is 1.53. The Hall–Kier alpha value is -1.75. The fourth-order valence-electron chi connectivity index (χ4n) is 1.91. The van der Waals surface area contributed by atoms with Gasteiger partial charge in [0, 0.05) is 17.3 Å². The molecule has 0 radical (unpaired) electrons. The quantitative estimate of drug-likeness (QED) is 0.745. The van der Waals surface area contributed by atoms with Gasteiger partial charge in [-0.3, -0.25) is 0 Å². The van der Waals surface area contributed by atoms with E-state index in [1.807, 2.05) is 0 Å². The van der Waals surface area contributed by atoms with Gasteiger partial charge in [0.25, 0.3) is 0 Å². The van der Waals surface area contributed by atoms with E-state index >= 15 is 0 Å². The first-order chi connectivity index (χ1) is 9.77. The van der Waals surface area contributed by atoms with Gasteiger partial charge in [0.15, 0.2) is 0 Å². The molecule has 0 aliphatic heterocycles. The average molecular weight is 318 g/mol. The molecule has 1 nitrogen and oxygen atoms in total. The average Bonchev–Trinajstić information content (AvgIpc) is 2.40. The summed E-state index contributed by atoms with van der Waals surface area (Å²) in [6, 6.07) is 7.83. The second-order valence-electron chi connectivity index (χ2n) is 4.62. The first kappa shape index (κ1) is 15.6. The Morgan fingerprint density at radius 1 is 1.10 bits per heavy atom. The van der Waals surface area contributed by atoms with Gasteiger partial charge in [-0.05, 0) is 48.4 Å². The molecule has 21 heavy (non-hydrogen) atoms. The van der Waals surface area contributed by atoms with Gasteiger partial charge >= 0.3 is 6.18 Å². The summed E-state index contributed by atoms with van der Waals surface area (Å²) in [5.74, 6) is -0.448. The Kier molecular flexibility index (Phi) is 4.42. The third-order valence-electron chi connectivity index (χ3n) is 3.03. The summed E-state index contributed by atoms with van der Waals surface area (Å²) in [6.07, 6.45) is -4.40. The Morgan fingerprint density at radius 3 is 2.48 bits per heavy atom. The fraction of sp³-hybridized carbons (Fsp3) is 0.200. The van der Waals surface area contributed by atoms with E-state index in [2.05, 4.69) is 5.32 Å². The van der Waals surface area contributed by atoms with Crippen molar-refractivity contribution in [3.8, 4) is 0 Å². The topological polar surface area (TPSA) is 12.0 Å². The van der Waals surface area contributed by atoms with Crippen LogP contribution < -0.4 is 5.32 Å². The Bertz CT molecular complexity index is 653. The van der Waals surface area contributed by atoms with Crippen molar-refractivity contribution in [2.75, 3.05) is 5.32 Å². The molecule has 6 heteroatoms. The highest BCUT2D eigenvalue weighted by Gasteiger charge is 2.32. The molecule has 0 unspecified atom stereocenters. The van der Waals surface area contributed by atoms with Crippen molar-refractivity contribution in [2.24, 2.45) is 0 Å². The zero-order chi connectivity index (χ0) is 15.6. The second-order valence-corrected chi connectivity index (χ2v) is 5.02. The van der Waals surface area contributed by atoms with Crippen molar-refractivity contribution in [2.45, 2.75) is 19.6 Å². The summed E-state index contributed by atoms with van der Waals surface area (Å²) < 4.78 is 51.5. The first-order valence-corrected chi connectivity index (χ1v) is 6.51. The molecule has 0 amide bonds. The van der Waals surface area contributed by atoms with Crippen LogP contribution in [-0.2, 0) is 12.7 Å². The fourth-order valence-corrected chi connectivity index (χ4v) is 2.10. The molecule has 0 atom stereocenters. The van der Waals surface area contributed by atoms with Crippen LogP contribution in [0.25, 0.3) is 0 Å². The number of halogens is 5. The van der Waals surface area contributed by atoms with E-state index in [0.717, 1.165) is 6.07 Å². The standard InChI is InChI=1S/C15H12ClF4N/c1-9-2-4-12(7-13(9)15(18,19)20)21-8-10-6-11(17)3-5-14(10)16/h2-7,21H,8H2,1H3. The molecule has 112 valence electrons. The van der Waals surface area contributed by atoms with Crippen molar-refractivity contribution in [1.29, 1.82) is 0 Å². The minimum Gasteiger partial charge on any atom is -0.381 e. The summed E-state index contributed by atoms with van der Waals surface area (Å²) in [7, 11) is 0. The Labute approximate surface area is 124 Å². The molecule has 0 fully saturated rings. The lowest BCUT2D eigenvalue weighted by Crippen LogP contribution is -2.09. The molecule has 1 N–H and O–H groups in total. The van der Waals surface area contributed by atoms with Crippen molar-refractivity contribution in [3.63, 3.8) is 0 Å². The molecule has 0 heterocycles. The van der Waals surface area contributed by atoms with Crippen LogP contribution in [0.2, 0.25) is 5.02 Å². The van der Waals surface area contributed by atoms with Gasteiger partial charge < -0.3 is 5.32 Å². The molecule has 0 saturated heterocycles. The van der Waals surface area contributed by atoms with Crippen LogP contribution in [0.4, 0.5) is 23.2 Å². The normalized spacial score (nSPS) is 11.5. The van der Waals surface area contributed by atoms with Crippen LogP contribution in [-0.4, -0.2) is 0 Å². The molecule has 0 aromatic heterocycles. The maximum Gasteiger partial charge on any atom is 0.416 e. The molecule has 2 aromatic rings. The number of aryl methyl sites for hydroxylation is 1. The molecule has 0 aliphatic rings. The zero-order valence-corrected chi connectivity index (χ0v) is 11.8. The van der Waals surface area contributed by atoms with E-state index in [-0.39, 0.29) is 12.1 Å². The molecule has 0 bridgehead atoms. The Morgan fingerprint density at radius 2 is 1.81 bits per heavy atom. The number of hydrogen-bond acceptors (Lipinski definition) is 1. The summed E-state index contributed by atoms with van der Waals surface area (Å²) in [4.78, 5) is 0. The molecular formula is C15H12ClF4N. The van der Waals surface area contributed by atoms with Gasteiger partial charge in [0.1, 0.15) is 5.82 Å². The third kappa shape index (κ3) is 3.88. The molecule has 0 saturated carbocycles. The molecule has 2 rings (SSSR count). The Balaban J connectivity index is 2.19. The van der Waals surface area contributed by atoms with Gasteiger partial charge in [-0.2, -0.15) is 13.2 Å². The van der Waals surface area contributed by atoms with Gasteiger partial charge in [-0.25, -0.2) is 4.39 Å². The highest BCUT2D eigenvalue weighted by molar-refractivity contribution is 6.31. The van der Waals surface area contributed by atoms with Crippen molar-refractivity contribution in [1.82, 2.24) is 0 Å². The smallest absolute Gasteiger partial charge is 0.381 e. The SMILES string of the molecule is Cc1ccc(NCc2cc(F)ccc2Cl)cc1C(F)(F)F. The van der Waals surface area contributed by atoms with Crippen LogP contribution in [0.15, 0.2) is 36.4 Å². The molecule has 0 spiro atoms. The van der Waals surface area contributed by atoms with Gasteiger partial charge in [0.2, 0.25) is 0 Å². The third-order valence-corrected chi connectivity index (χ3v) is 3.40. The number of hydrogen-bond donors (Lipinski definition) is 1. The second kappa shape index (κ2) is 5.93. The maximum absolute atomic E-state index is 13.1. The van der Waals surface area contributed by atoms with E-state index in [9.17, 15) is 17.6 Å². The number of benzene rings is 2. The van der Waals surface area contributed by atoms with Crippen LogP contribution in [0.1, 0.15) is 16.7 Å². The molecular weight excluding hydrogens is 306 g/mol. The number of alkyl halides is 3. The summed E-state index contributed by atoms with van der Waals surface area (Å²) in [5.41, 5.74) is 0.230. The first-order valence-electron chi connectivity index (χ1n) is 6.13. The van der Waals surface area contributed by atoms with Gasteiger partial charge in [-0.15, -0.1) is 0 Å². The van der Waals surface area contributed by atoms with Crippen LogP contribution in [0, 0.1) is 12.7 Å². The predicted octanol–water partition coefficient (Wildman–Crippen LogP) is 5.42. The number of anilines is 1. The van der Waals surface area contributed by atoms with Gasteiger partial charge in [-0.1, -0.05) is 17.7 Å².